The van der Waals surface area contributed by atoms with Crippen LogP contribution in [0.15, 0.2) is 24.3 Å². The Kier molecular flexibility index (Phi) is 3.59. The summed E-state index contributed by atoms with van der Waals surface area (Å²) in [7, 11) is 0. The van der Waals surface area contributed by atoms with Gasteiger partial charge in [-0.15, -0.1) is 0 Å². The minimum Gasteiger partial charge on any atom is -0.382 e. The maximum absolute atomic E-state index is 13.3. The molecule has 0 aliphatic heterocycles. The van der Waals surface area contributed by atoms with Gasteiger partial charge in [-0.05, 0) is 30.9 Å². The minimum atomic E-state index is -0.145. The summed E-state index contributed by atoms with van der Waals surface area (Å²) in [5.74, 6) is 0.590. The van der Waals surface area contributed by atoms with Crippen LogP contribution < -0.4 is 5.32 Å². The molecule has 1 aromatic carbocycles. The van der Waals surface area contributed by atoms with Gasteiger partial charge in [0.15, 0.2) is 0 Å². The Hall–Kier alpha value is -1.05. The van der Waals surface area contributed by atoms with Gasteiger partial charge in [-0.25, -0.2) is 4.39 Å². The Balaban J connectivity index is 1.84. The van der Waals surface area contributed by atoms with Crippen molar-refractivity contribution in [2.24, 2.45) is 5.92 Å². The van der Waals surface area contributed by atoms with E-state index in [2.05, 4.69) is 5.32 Å². The van der Waals surface area contributed by atoms with Crippen LogP contribution in [0.5, 0.6) is 0 Å². The fraction of sp³-hybridized carbons (Fsp3) is 0.538. The first kappa shape index (κ1) is 10.5. The van der Waals surface area contributed by atoms with Crippen LogP contribution in [0.2, 0.25) is 0 Å². The molecule has 0 bridgehead atoms. The van der Waals surface area contributed by atoms with Gasteiger partial charge in [0.1, 0.15) is 5.82 Å². The predicted octanol–water partition coefficient (Wildman–Crippen LogP) is 3.82. The van der Waals surface area contributed by atoms with E-state index in [-0.39, 0.29) is 5.82 Å². The maximum Gasteiger partial charge on any atom is 0.146 e. The molecule has 82 valence electrons. The number of para-hydroxylation sites is 1. The molecule has 0 radical (unpaired) electrons. The van der Waals surface area contributed by atoms with Crippen LogP contribution in [0.4, 0.5) is 10.1 Å². The van der Waals surface area contributed by atoms with E-state index in [1.54, 1.807) is 12.1 Å². The fourth-order valence-corrected chi connectivity index (χ4v) is 2.25. The fourth-order valence-electron chi connectivity index (χ4n) is 2.25. The summed E-state index contributed by atoms with van der Waals surface area (Å²) in [6.45, 7) is 0.918. The van der Waals surface area contributed by atoms with Gasteiger partial charge in [-0.2, -0.15) is 0 Å². The highest BCUT2D eigenvalue weighted by Gasteiger charge is 2.13. The van der Waals surface area contributed by atoms with E-state index in [0.29, 0.717) is 5.69 Å². The van der Waals surface area contributed by atoms with Crippen molar-refractivity contribution in [2.75, 3.05) is 11.9 Å². The average molecular weight is 207 g/mol. The van der Waals surface area contributed by atoms with Gasteiger partial charge in [-0.1, -0.05) is 31.4 Å². The van der Waals surface area contributed by atoms with Crippen LogP contribution in [0.25, 0.3) is 0 Å². The number of benzene rings is 1. The number of nitrogens with one attached hydrogen (secondary N) is 1. The first-order chi connectivity index (χ1) is 7.36. The van der Waals surface area contributed by atoms with E-state index in [9.17, 15) is 4.39 Å². The summed E-state index contributed by atoms with van der Waals surface area (Å²) < 4.78 is 13.3. The zero-order valence-corrected chi connectivity index (χ0v) is 9.01. The van der Waals surface area contributed by atoms with Crippen molar-refractivity contribution in [3.63, 3.8) is 0 Å². The molecule has 0 aromatic heterocycles. The van der Waals surface area contributed by atoms with Crippen molar-refractivity contribution in [1.29, 1.82) is 0 Å². The molecule has 1 nitrogen and oxygen atoms in total. The summed E-state index contributed by atoms with van der Waals surface area (Å²) in [5.41, 5.74) is 0.642. The molecule has 1 aromatic rings. The first-order valence-corrected chi connectivity index (χ1v) is 5.84. The molecule has 0 heterocycles. The maximum atomic E-state index is 13.3. The van der Waals surface area contributed by atoms with E-state index in [1.807, 2.05) is 6.07 Å². The standard InChI is InChI=1S/C13H18FN/c14-12-8-4-5-9-13(12)15-10-11-6-2-1-3-7-11/h4-5,8-9,11,15H,1-3,6-7,10H2. The van der Waals surface area contributed by atoms with Crippen molar-refractivity contribution in [1.82, 2.24) is 0 Å². The van der Waals surface area contributed by atoms with Gasteiger partial charge in [0, 0.05) is 6.54 Å². The monoisotopic (exact) mass is 207 g/mol. The Morgan fingerprint density at radius 2 is 1.87 bits per heavy atom. The van der Waals surface area contributed by atoms with Gasteiger partial charge in [-0.3, -0.25) is 0 Å². The normalized spacial score (nSPS) is 17.7. The van der Waals surface area contributed by atoms with Crippen LogP contribution in [-0.4, -0.2) is 6.54 Å². The molecule has 0 unspecified atom stereocenters. The zero-order chi connectivity index (χ0) is 10.5. The summed E-state index contributed by atoms with van der Waals surface area (Å²) in [4.78, 5) is 0. The Bertz CT molecular complexity index is 305. The lowest BCUT2D eigenvalue weighted by Crippen LogP contribution is -2.17. The highest BCUT2D eigenvalue weighted by atomic mass is 19.1. The second-order valence-corrected chi connectivity index (χ2v) is 4.36. The topological polar surface area (TPSA) is 12.0 Å². The van der Waals surface area contributed by atoms with Crippen LogP contribution in [0, 0.1) is 11.7 Å². The zero-order valence-electron chi connectivity index (χ0n) is 9.01. The molecule has 1 aliphatic carbocycles. The molecule has 0 spiro atoms. The third kappa shape index (κ3) is 2.95. The Morgan fingerprint density at radius 3 is 2.60 bits per heavy atom. The van der Waals surface area contributed by atoms with Crippen LogP contribution in [-0.2, 0) is 0 Å². The van der Waals surface area contributed by atoms with Crippen molar-refractivity contribution in [2.45, 2.75) is 32.1 Å². The lowest BCUT2D eigenvalue weighted by Gasteiger charge is -2.22. The van der Waals surface area contributed by atoms with Gasteiger partial charge in [0.05, 0.1) is 5.69 Å². The van der Waals surface area contributed by atoms with E-state index in [0.717, 1.165) is 12.5 Å². The van der Waals surface area contributed by atoms with Crippen LogP contribution in [0.1, 0.15) is 32.1 Å². The molecule has 1 fully saturated rings. The molecule has 1 N–H and O–H groups in total. The second kappa shape index (κ2) is 5.15. The molecule has 0 atom stereocenters. The summed E-state index contributed by atoms with van der Waals surface area (Å²) >= 11 is 0. The quantitative estimate of drug-likeness (QED) is 0.794. The molecule has 0 saturated heterocycles. The third-order valence-corrected chi connectivity index (χ3v) is 3.18. The predicted molar refractivity (Wildman–Crippen MR) is 61.5 cm³/mol. The molecule has 0 amide bonds. The number of hydrogen-bond donors (Lipinski definition) is 1. The van der Waals surface area contributed by atoms with Crippen LogP contribution >= 0.6 is 0 Å². The van der Waals surface area contributed by atoms with Crippen molar-refractivity contribution in [3.8, 4) is 0 Å². The highest BCUT2D eigenvalue weighted by molar-refractivity contribution is 5.44. The molecular formula is C13H18FN. The molecular weight excluding hydrogens is 189 g/mol. The van der Waals surface area contributed by atoms with E-state index < -0.39 is 0 Å². The van der Waals surface area contributed by atoms with Gasteiger partial charge in [0.25, 0.3) is 0 Å². The SMILES string of the molecule is Fc1ccccc1NCC1CCCCC1. The number of anilines is 1. The highest BCUT2D eigenvalue weighted by Crippen LogP contribution is 2.24. The summed E-state index contributed by atoms with van der Waals surface area (Å²) in [5, 5.41) is 3.21. The molecule has 2 heteroatoms. The van der Waals surface area contributed by atoms with Gasteiger partial charge >= 0.3 is 0 Å². The lowest BCUT2D eigenvalue weighted by molar-refractivity contribution is 0.373. The van der Waals surface area contributed by atoms with E-state index >= 15 is 0 Å². The van der Waals surface area contributed by atoms with Crippen molar-refractivity contribution in [3.05, 3.63) is 30.1 Å². The number of halogens is 1. The van der Waals surface area contributed by atoms with Gasteiger partial charge < -0.3 is 5.32 Å². The molecule has 2 rings (SSSR count). The summed E-state index contributed by atoms with van der Waals surface area (Å²) in [6, 6.07) is 6.90. The average Bonchev–Trinajstić information content (AvgIpc) is 2.29. The third-order valence-electron chi connectivity index (χ3n) is 3.18. The molecule has 1 saturated carbocycles. The van der Waals surface area contributed by atoms with E-state index in [4.69, 9.17) is 0 Å². The van der Waals surface area contributed by atoms with Crippen molar-refractivity contribution >= 4 is 5.69 Å². The van der Waals surface area contributed by atoms with Crippen molar-refractivity contribution < 1.29 is 4.39 Å². The molecule has 15 heavy (non-hydrogen) atoms. The van der Waals surface area contributed by atoms with Crippen LogP contribution in [0.3, 0.4) is 0 Å². The summed E-state index contributed by atoms with van der Waals surface area (Å²) in [6.07, 6.45) is 6.63. The van der Waals surface area contributed by atoms with Gasteiger partial charge in [0.2, 0.25) is 0 Å². The number of rotatable bonds is 3. The van der Waals surface area contributed by atoms with E-state index in [1.165, 1.54) is 38.2 Å². The largest absolute Gasteiger partial charge is 0.382 e. The Morgan fingerprint density at radius 1 is 1.13 bits per heavy atom. The lowest BCUT2D eigenvalue weighted by atomic mass is 9.89. The number of hydrogen-bond acceptors (Lipinski definition) is 1. The molecule has 1 aliphatic rings. The first-order valence-electron chi connectivity index (χ1n) is 5.84. The minimum absolute atomic E-state index is 0.145. The Labute approximate surface area is 90.7 Å². The second-order valence-electron chi connectivity index (χ2n) is 4.36. The smallest absolute Gasteiger partial charge is 0.146 e.